The SMILES string of the molecule is CC(C)(N)Cc1ccc(O)c(OCc2ccccc2)c1. The average Bonchev–Trinajstić information content (AvgIpc) is 2.39. The van der Waals surface area contributed by atoms with E-state index >= 15 is 0 Å². The Kier molecular flexibility index (Phi) is 4.30. The van der Waals surface area contributed by atoms with Gasteiger partial charge in [-0.3, -0.25) is 0 Å². The molecule has 0 saturated heterocycles. The van der Waals surface area contributed by atoms with Crippen LogP contribution in [-0.4, -0.2) is 10.6 Å². The molecule has 2 rings (SSSR count). The Hall–Kier alpha value is -2.00. The molecule has 2 aromatic rings. The van der Waals surface area contributed by atoms with Crippen molar-refractivity contribution in [3.05, 3.63) is 59.7 Å². The monoisotopic (exact) mass is 271 g/mol. The van der Waals surface area contributed by atoms with E-state index in [2.05, 4.69) is 0 Å². The number of benzene rings is 2. The van der Waals surface area contributed by atoms with Crippen molar-refractivity contribution < 1.29 is 9.84 Å². The van der Waals surface area contributed by atoms with E-state index < -0.39 is 0 Å². The van der Waals surface area contributed by atoms with Crippen LogP contribution in [0.5, 0.6) is 11.5 Å². The Morgan fingerprint density at radius 2 is 1.75 bits per heavy atom. The minimum Gasteiger partial charge on any atom is -0.504 e. The van der Waals surface area contributed by atoms with Gasteiger partial charge in [0, 0.05) is 5.54 Å². The molecule has 3 N–H and O–H groups in total. The molecule has 3 heteroatoms. The Labute approximate surface area is 120 Å². The summed E-state index contributed by atoms with van der Waals surface area (Å²) in [7, 11) is 0. The van der Waals surface area contributed by atoms with Crippen molar-refractivity contribution in [1.82, 2.24) is 0 Å². The molecule has 0 fully saturated rings. The first-order valence-corrected chi connectivity index (χ1v) is 6.71. The van der Waals surface area contributed by atoms with Crippen molar-refractivity contribution >= 4 is 0 Å². The molecule has 3 nitrogen and oxygen atoms in total. The lowest BCUT2D eigenvalue weighted by Crippen LogP contribution is -2.34. The van der Waals surface area contributed by atoms with Crippen molar-refractivity contribution in [1.29, 1.82) is 0 Å². The molecule has 0 spiro atoms. The van der Waals surface area contributed by atoms with E-state index in [1.165, 1.54) is 0 Å². The van der Waals surface area contributed by atoms with E-state index in [4.69, 9.17) is 10.5 Å². The topological polar surface area (TPSA) is 55.5 Å². The second-order valence-electron chi connectivity index (χ2n) is 5.74. The third-order valence-corrected chi connectivity index (χ3v) is 2.92. The molecule has 0 bridgehead atoms. The third-order valence-electron chi connectivity index (χ3n) is 2.92. The number of aromatic hydroxyl groups is 1. The summed E-state index contributed by atoms with van der Waals surface area (Å²) in [6.07, 6.45) is 0.731. The van der Waals surface area contributed by atoms with Crippen LogP contribution in [0.25, 0.3) is 0 Å². The Balaban J connectivity index is 2.09. The van der Waals surface area contributed by atoms with Crippen molar-refractivity contribution in [2.45, 2.75) is 32.4 Å². The Bertz CT molecular complexity index is 559. The summed E-state index contributed by atoms with van der Waals surface area (Å²) in [5.74, 6) is 0.648. The van der Waals surface area contributed by atoms with E-state index in [-0.39, 0.29) is 11.3 Å². The molecule has 0 aliphatic carbocycles. The fourth-order valence-electron chi connectivity index (χ4n) is 2.05. The van der Waals surface area contributed by atoms with Crippen LogP contribution in [0.3, 0.4) is 0 Å². The summed E-state index contributed by atoms with van der Waals surface area (Å²) < 4.78 is 5.69. The summed E-state index contributed by atoms with van der Waals surface area (Å²) in [5.41, 5.74) is 7.85. The largest absolute Gasteiger partial charge is 0.504 e. The molecule has 0 aromatic heterocycles. The van der Waals surface area contributed by atoms with Gasteiger partial charge in [-0.2, -0.15) is 0 Å². The normalized spacial score (nSPS) is 11.3. The molecule has 2 aromatic carbocycles. The van der Waals surface area contributed by atoms with E-state index in [0.717, 1.165) is 17.5 Å². The number of ether oxygens (including phenoxy) is 1. The number of hydrogen-bond donors (Lipinski definition) is 2. The summed E-state index contributed by atoms with van der Waals surface area (Å²) in [5, 5.41) is 9.86. The minimum atomic E-state index is -0.284. The quantitative estimate of drug-likeness (QED) is 0.877. The van der Waals surface area contributed by atoms with Gasteiger partial charge in [-0.05, 0) is 43.5 Å². The fourth-order valence-corrected chi connectivity index (χ4v) is 2.05. The highest BCUT2D eigenvalue weighted by atomic mass is 16.5. The highest BCUT2D eigenvalue weighted by molar-refractivity contribution is 5.42. The predicted molar refractivity (Wildman–Crippen MR) is 80.9 cm³/mol. The predicted octanol–water partition coefficient (Wildman–Crippen LogP) is 3.25. The lowest BCUT2D eigenvalue weighted by Gasteiger charge is -2.19. The minimum absolute atomic E-state index is 0.152. The number of phenolic OH excluding ortho intramolecular Hbond substituents is 1. The van der Waals surface area contributed by atoms with Gasteiger partial charge in [0.1, 0.15) is 6.61 Å². The van der Waals surface area contributed by atoms with Gasteiger partial charge in [-0.15, -0.1) is 0 Å². The van der Waals surface area contributed by atoms with Gasteiger partial charge in [0.25, 0.3) is 0 Å². The number of phenols is 1. The summed E-state index contributed by atoms with van der Waals surface area (Å²) >= 11 is 0. The molecule has 0 aliphatic heterocycles. The van der Waals surface area contributed by atoms with Crippen LogP contribution in [-0.2, 0) is 13.0 Å². The summed E-state index contributed by atoms with van der Waals surface area (Å²) in [6, 6.07) is 15.3. The van der Waals surface area contributed by atoms with Crippen molar-refractivity contribution in [3.63, 3.8) is 0 Å². The first-order valence-electron chi connectivity index (χ1n) is 6.71. The molecule has 0 amide bonds. The van der Waals surface area contributed by atoms with Gasteiger partial charge in [-0.25, -0.2) is 0 Å². The van der Waals surface area contributed by atoms with Gasteiger partial charge >= 0.3 is 0 Å². The second-order valence-corrected chi connectivity index (χ2v) is 5.74. The van der Waals surface area contributed by atoms with Crippen molar-refractivity contribution in [2.75, 3.05) is 0 Å². The molecular formula is C17H21NO2. The van der Waals surface area contributed by atoms with Gasteiger partial charge in [0.2, 0.25) is 0 Å². The molecular weight excluding hydrogens is 250 g/mol. The van der Waals surface area contributed by atoms with Crippen LogP contribution in [0, 0.1) is 0 Å². The van der Waals surface area contributed by atoms with E-state index in [9.17, 15) is 5.11 Å². The van der Waals surface area contributed by atoms with Crippen LogP contribution in [0.4, 0.5) is 0 Å². The number of rotatable bonds is 5. The molecule has 0 saturated carbocycles. The molecule has 0 aliphatic rings. The first kappa shape index (κ1) is 14.4. The molecule has 0 unspecified atom stereocenters. The Morgan fingerprint density at radius 1 is 1.05 bits per heavy atom. The van der Waals surface area contributed by atoms with Gasteiger partial charge in [0.15, 0.2) is 11.5 Å². The van der Waals surface area contributed by atoms with Gasteiger partial charge in [0.05, 0.1) is 0 Å². The van der Waals surface area contributed by atoms with Crippen LogP contribution in [0.1, 0.15) is 25.0 Å². The summed E-state index contributed by atoms with van der Waals surface area (Å²) in [6.45, 7) is 4.39. The van der Waals surface area contributed by atoms with Gasteiger partial charge < -0.3 is 15.6 Å². The van der Waals surface area contributed by atoms with Crippen molar-refractivity contribution in [2.24, 2.45) is 5.73 Å². The smallest absolute Gasteiger partial charge is 0.161 e. The fraction of sp³-hybridized carbons (Fsp3) is 0.294. The maximum absolute atomic E-state index is 9.86. The zero-order chi connectivity index (χ0) is 14.6. The van der Waals surface area contributed by atoms with Crippen molar-refractivity contribution in [3.8, 4) is 11.5 Å². The van der Waals surface area contributed by atoms with E-state index in [0.29, 0.717) is 12.4 Å². The Morgan fingerprint density at radius 3 is 2.40 bits per heavy atom. The number of hydrogen-bond acceptors (Lipinski definition) is 3. The van der Waals surface area contributed by atoms with E-state index in [1.54, 1.807) is 6.07 Å². The van der Waals surface area contributed by atoms with Gasteiger partial charge in [-0.1, -0.05) is 36.4 Å². The first-order chi connectivity index (χ1) is 9.44. The maximum atomic E-state index is 9.86. The highest BCUT2D eigenvalue weighted by Gasteiger charge is 2.13. The lowest BCUT2D eigenvalue weighted by atomic mass is 9.96. The maximum Gasteiger partial charge on any atom is 0.161 e. The molecule has 0 atom stereocenters. The zero-order valence-electron chi connectivity index (χ0n) is 12.0. The summed E-state index contributed by atoms with van der Waals surface area (Å²) in [4.78, 5) is 0. The molecule has 20 heavy (non-hydrogen) atoms. The molecule has 0 heterocycles. The molecule has 0 radical (unpaired) electrons. The molecule has 106 valence electrons. The average molecular weight is 271 g/mol. The number of nitrogens with two attached hydrogens (primary N) is 1. The highest BCUT2D eigenvalue weighted by Crippen LogP contribution is 2.28. The standard InChI is InChI=1S/C17H21NO2/c1-17(2,18)11-14-8-9-15(19)16(10-14)20-12-13-6-4-3-5-7-13/h3-10,19H,11-12,18H2,1-2H3. The van der Waals surface area contributed by atoms with Crippen LogP contribution < -0.4 is 10.5 Å². The second kappa shape index (κ2) is 5.97. The van der Waals surface area contributed by atoms with Crippen LogP contribution in [0.15, 0.2) is 48.5 Å². The van der Waals surface area contributed by atoms with E-state index in [1.807, 2.05) is 56.3 Å². The van der Waals surface area contributed by atoms with Crippen LogP contribution in [0.2, 0.25) is 0 Å². The lowest BCUT2D eigenvalue weighted by molar-refractivity contribution is 0.288. The zero-order valence-corrected chi connectivity index (χ0v) is 12.0. The van der Waals surface area contributed by atoms with Crippen LogP contribution >= 0.6 is 0 Å². The third kappa shape index (κ3) is 4.28.